The number of likely N-dealkylation sites (tertiary alicyclic amines) is 1. The summed E-state index contributed by atoms with van der Waals surface area (Å²) in [6.45, 7) is 2.09. The summed E-state index contributed by atoms with van der Waals surface area (Å²) in [5.74, 6) is 0.226. The van der Waals surface area contributed by atoms with Crippen LogP contribution in [0.15, 0.2) is 22.8 Å². The molecule has 3 aliphatic rings. The van der Waals surface area contributed by atoms with Crippen LogP contribution in [0.4, 0.5) is 4.79 Å². The highest BCUT2D eigenvalue weighted by Crippen LogP contribution is 2.34. The van der Waals surface area contributed by atoms with E-state index in [9.17, 15) is 14.4 Å². The predicted octanol–water partition coefficient (Wildman–Crippen LogP) is 1.40. The van der Waals surface area contributed by atoms with Gasteiger partial charge < -0.3 is 15.1 Å². The van der Waals surface area contributed by atoms with E-state index in [1.807, 2.05) is 12.1 Å². The number of amides is 4. The van der Waals surface area contributed by atoms with Crippen LogP contribution in [-0.2, 0) is 9.59 Å². The van der Waals surface area contributed by atoms with Crippen LogP contribution in [0.5, 0.6) is 0 Å². The minimum atomic E-state index is -0.774. The summed E-state index contributed by atoms with van der Waals surface area (Å²) in [6, 6.07) is 3.26. The SMILES string of the molecule is O=C(CN1C(=O)NC2(CCCC2)C1=O)NC[C@@H](c1ccco1)N1CCCC1. The van der Waals surface area contributed by atoms with E-state index in [-0.39, 0.29) is 24.4 Å². The topological polar surface area (TPSA) is 94.9 Å². The zero-order valence-electron chi connectivity index (χ0n) is 15.4. The van der Waals surface area contributed by atoms with Crippen LogP contribution in [-0.4, -0.2) is 59.4 Å². The Morgan fingerprint density at radius 1 is 1.22 bits per heavy atom. The Balaban J connectivity index is 1.36. The molecule has 1 aromatic rings. The van der Waals surface area contributed by atoms with Crippen molar-refractivity contribution in [3.8, 4) is 0 Å². The Hall–Kier alpha value is -2.35. The molecule has 1 aromatic heterocycles. The number of hydrogen-bond acceptors (Lipinski definition) is 5. The third-order valence-corrected chi connectivity index (χ3v) is 5.95. The molecule has 146 valence electrons. The Labute approximate surface area is 158 Å². The molecule has 0 aromatic carbocycles. The van der Waals surface area contributed by atoms with Crippen molar-refractivity contribution in [3.63, 3.8) is 0 Å². The van der Waals surface area contributed by atoms with E-state index in [4.69, 9.17) is 4.42 Å². The highest BCUT2D eigenvalue weighted by Gasteiger charge is 2.52. The lowest BCUT2D eigenvalue weighted by molar-refractivity contribution is -0.134. The van der Waals surface area contributed by atoms with Crippen molar-refractivity contribution in [2.75, 3.05) is 26.2 Å². The molecule has 3 fully saturated rings. The van der Waals surface area contributed by atoms with Gasteiger partial charge in [0.1, 0.15) is 17.8 Å². The summed E-state index contributed by atoms with van der Waals surface area (Å²) < 4.78 is 5.55. The van der Waals surface area contributed by atoms with Crippen molar-refractivity contribution in [1.29, 1.82) is 0 Å². The monoisotopic (exact) mass is 374 g/mol. The quantitative estimate of drug-likeness (QED) is 0.734. The molecular weight excluding hydrogens is 348 g/mol. The van der Waals surface area contributed by atoms with E-state index in [1.54, 1.807) is 6.26 Å². The van der Waals surface area contributed by atoms with Crippen LogP contribution >= 0.6 is 0 Å². The molecule has 2 aliphatic heterocycles. The van der Waals surface area contributed by atoms with Gasteiger partial charge >= 0.3 is 6.03 Å². The average molecular weight is 374 g/mol. The smallest absolute Gasteiger partial charge is 0.325 e. The number of rotatable bonds is 6. The van der Waals surface area contributed by atoms with Crippen molar-refractivity contribution in [3.05, 3.63) is 24.2 Å². The van der Waals surface area contributed by atoms with Gasteiger partial charge in [0.2, 0.25) is 5.91 Å². The van der Waals surface area contributed by atoms with Crippen molar-refractivity contribution in [1.82, 2.24) is 20.4 Å². The second-order valence-electron chi connectivity index (χ2n) is 7.69. The number of urea groups is 1. The summed E-state index contributed by atoms with van der Waals surface area (Å²) in [5, 5.41) is 5.68. The number of hydrogen-bond donors (Lipinski definition) is 2. The number of carbonyl (C=O) groups is 3. The number of imide groups is 1. The zero-order chi connectivity index (χ0) is 18.9. The largest absolute Gasteiger partial charge is 0.468 e. The highest BCUT2D eigenvalue weighted by atomic mass is 16.3. The molecule has 3 heterocycles. The predicted molar refractivity (Wildman–Crippen MR) is 96.7 cm³/mol. The molecule has 0 radical (unpaired) electrons. The molecule has 4 rings (SSSR count). The fourth-order valence-corrected chi connectivity index (χ4v) is 4.49. The van der Waals surface area contributed by atoms with Crippen molar-refractivity contribution in [2.45, 2.75) is 50.1 Å². The maximum atomic E-state index is 12.6. The Bertz CT molecular complexity index is 705. The van der Waals surface area contributed by atoms with Gasteiger partial charge in [-0.15, -0.1) is 0 Å². The summed E-state index contributed by atoms with van der Waals surface area (Å²) in [6.07, 6.45) is 7.07. The van der Waals surface area contributed by atoms with Gasteiger partial charge in [-0.05, 0) is 50.9 Å². The van der Waals surface area contributed by atoms with Gasteiger partial charge in [0.05, 0.1) is 12.3 Å². The minimum absolute atomic E-state index is 0.0317. The summed E-state index contributed by atoms with van der Waals surface area (Å²) in [7, 11) is 0. The second kappa shape index (κ2) is 7.34. The first-order valence-electron chi connectivity index (χ1n) is 9.77. The third kappa shape index (κ3) is 3.45. The van der Waals surface area contributed by atoms with Gasteiger partial charge in [-0.1, -0.05) is 12.8 Å². The van der Waals surface area contributed by atoms with Crippen LogP contribution in [0.2, 0.25) is 0 Å². The molecule has 8 nitrogen and oxygen atoms in total. The van der Waals surface area contributed by atoms with Crippen LogP contribution < -0.4 is 10.6 Å². The van der Waals surface area contributed by atoms with Gasteiger partial charge in [0.15, 0.2) is 0 Å². The van der Waals surface area contributed by atoms with Gasteiger partial charge in [0, 0.05) is 6.54 Å². The highest BCUT2D eigenvalue weighted by molar-refractivity contribution is 6.09. The molecule has 4 amide bonds. The van der Waals surface area contributed by atoms with Crippen LogP contribution in [0, 0.1) is 0 Å². The Morgan fingerprint density at radius 2 is 1.96 bits per heavy atom. The molecule has 1 saturated carbocycles. The fraction of sp³-hybridized carbons (Fsp3) is 0.632. The van der Waals surface area contributed by atoms with Crippen molar-refractivity contribution in [2.24, 2.45) is 0 Å². The Kier molecular flexibility index (Phi) is 4.90. The zero-order valence-corrected chi connectivity index (χ0v) is 15.4. The number of nitrogens with one attached hydrogen (secondary N) is 2. The van der Waals surface area contributed by atoms with E-state index >= 15 is 0 Å². The minimum Gasteiger partial charge on any atom is -0.468 e. The van der Waals surface area contributed by atoms with E-state index in [1.165, 1.54) is 0 Å². The van der Waals surface area contributed by atoms with E-state index in [0.717, 1.165) is 49.4 Å². The average Bonchev–Trinajstić information content (AvgIpc) is 3.43. The second-order valence-corrected chi connectivity index (χ2v) is 7.69. The van der Waals surface area contributed by atoms with Crippen LogP contribution in [0.25, 0.3) is 0 Å². The van der Waals surface area contributed by atoms with Crippen LogP contribution in [0.1, 0.15) is 50.3 Å². The third-order valence-electron chi connectivity index (χ3n) is 5.95. The number of nitrogens with zero attached hydrogens (tertiary/aromatic N) is 2. The lowest BCUT2D eigenvalue weighted by atomic mass is 9.98. The molecule has 2 saturated heterocycles. The summed E-state index contributed by atoms with van der Waals surface area (Å²) in [5.41, 5.74) is -0.774. The maximum Gasteiger partial charge on any atom is 0.325 e. The normalized spacial score (nSPS) is 23.2. The first-order chi connectivity index (χ1) is 13.1. The molecule has 0 bridgehead atoms. The number of carbonyl (C=O) groups excluding carboxylic acids is 3. The first kappa shape index (κ1) is 18.0. The van der Waals surface area contributed by atoms with Gasteiger partial charge in [-0.25, -0.2) is 4.79 Å². The van der Waals surface area contributed by atoms with Gasteiger partial charge in [0.25, 0.3) is 5.91 Å². The maximum absolute atomic E-state index is 12.6. The Morgan fingerprint density at radius 3 is 2.63 bits per heavy atom. The summed E-state index contributed by atoms with van der Waals surface area (Å²) >= 11 is 0. The van der Waals surface area contributed by atoms with E-state index in [2.05, 4.69) is 15.5 Å². The lowest BCUT2D eigenvalue weighted by Crippen LogP contribution is -2.46. The number of furan rings is 1. The molecule has 1 atom stereocenters. The molecule has 1 aliphatic carbocycles. The van der Waals surface area contributed by atoms with Crippen LogP contribution in [0.3, 0.4) is 0 Å². The molecular formula is C19H26N4O4. The van der Waals surface area contributed by atoms with E-state index in [0.29, 0.717) is 19.4 Å². The van der Waals surface area contributed by atoms with E-state index < -0.39 is 11.6 Å². The molecule has 27 heavy (non-hydrogen) atoms. The summed E-state index contributed by atoms with van der Waals surface area (Å²) in [4.78, 5) is 40.6. The molecule has 1 spiro atoms. The van der Waals surface area contributed by atoms with Crippen molar-refractivity contribution < 1.29 is 18.8 Å². The van der Waals surface area contributed by atoms with Crippen molar-refractivity contribution >= 4 is 17.8 Å². The fourth-order valence-electron chi connectivity index (χ4n) is 4.49. The lowest BCUT2D eigenvalue weighted by Gasteiger charge is -2.26. The molecule has 0 unspecified atom stereocenters. The first-order valence-corrected chi connectivity index (χ1v) is 9.77. The molecule has 2 N–H and O–H groups in total. The van der Waals surface area contributed by atoms with Gasteiger partial charge in [-0.2, -0.15) is 0 Å². The van der Waals surface area contributed by atoms with Gasteiger partial charge in [-0.3, -0.25) is 19.4 Å². The molecule has 8 heteroatoms. The standard InChI is InChI=1S/C19H26N4O4/c24-16(13-23-17(25)19(21-18(23)26)7-1-2-8-19)20-12-14(15-6-5-11-27-15)22-9-3-4-10-22/h5-6,11,14H,1-4,7-10,12-13H2,(H,20,24)(H,21,26)/t14-/m0/s1.